The zero-order valence-electron chi connectivity index (χ0n) is 13.6. The van der Waals surface area contributed by atoms with Gasteiger partial charge in [0.25, 0.3) is 5.79 Å². The van der Waals surface area contributed by atoms with Crippen molar-refractivity contribution in [3.8, 4) is 0 Å². The van der Waals surface area contributed by atoms with Crippen LogP contribution in [0.25, 0.3) is 0 Å². The van der Waals surface area contributed by atoms with Crippen molar-refractivity contribution in [1.29, 1.82) is 0 Å². The number of halogens is 7. The molecule has 4 nitrogen and oxygen atoms in total. The standard InChI is InChI=1S/C14H16F6IO4.Rh/c1-4-9(22)24-11(5-8(2)21)6-10(3,13(15,16)17)25-12(23,7-11)14(18,19)20;/h8,23H,1,5-7H2,2-3H3;/q-1;/p+1. The maximum Gasteiger partial charge on any atom is 0.443 e. The molecule has 1 aliphatic heterocycles. The van der Waals surface area contributed by atoms with Gasteiger partial charge in [-0.05, 0) is 6.92 Å². The van der Waals surface area contributed by atoms with Gasteiger partial charge in [-0.25, -0.2) is 0 Å². The monoisotopic (exact) mass is 593 g/mol. The van der Waals surface area contributed by atoms with Gasteiger partial charge in [0.05, 0.1) is 12.8 Å². The Morgan fingerprint density at radius 3 is 2.15 bits per heavy atom. The van der Waals surface area contributed by atoms with Gasteiger partial charge in [-0.3, -0.25) is 6.58 Å². The molecule has 0 saturated carbocycles. The minimum atomic E-state index is -5.52. The fourth-order valence-electron chi connectivity index (χ4n) is 2.89. The molecular weight excluding hydrogens is 576 g/mol. The normalized spacial score (nSPS) is 33.8. The Balaban J connectivity index is 0.00000625. The van der Waals surface area contributed by atoms with Crippen molar-refractivity contribution in [2.24, 2.45) is 0 Å². The summed E-state index contributed by atoms with van der Waals surface area (Å²) in [6.45, 7) is 4.96. The van der Waals surface area contributed by atoms with E-state index < -0.39 is 52.1 Å². The Bertz CT molecular complexity index is 511. The molecule has 1 saturated heterocycles. The Labute approximate surface area is 172 Å². The molecule has 1 radical (unpaired) electrons. The molecule has 0 spiro atoms. The number of aliphatic hydroxyl groups is 1. The van der Waals surface area contributed by atoms with Gasteiger partial charge in [0, 0.05) is 29.8 Å². The van der Waals surface area contributed by atoms with Gasteiger partial charge < -0.3 is 25.5 Å². The predicted molar refractivity (Wildman–Crippen MR) is 83.5 cm³/mol. The molecule has 2 N–H and O–H groups in total. The van der Waals surface area contributed by atoms with Crippen molar-refractivity contribution in [2.75, 3.05) is 0 Å². The summed E-state index contributed by atoms with van der Waals surface area (Å²) in [5.41, 5.74) is -5.56. The number of carbonyl (C=O) groups excluding carboxylic acids is 1. The quantitative estimate of drug-likeness (QED) is 0.0789. The molecule has 12 heteroatoms. The van der Waals surface area contributed by atoms with Crippen LogP contribution in [0.15, 0.2) is 6.58 Å². The van der Waals surface area contributed by atoms with Crippen LogP contribution in [-0.4, -0.2) is 49.1 Å². The fraction of sp³-hybridized carbons (Fsp3) is 0.786. The van der Waals surface area contributed by atoms with E-state index in [2.05, 4.69) is 11.3 Å². The first-order valence-electron chi connectivity index (χ1n) is 6.97. The average Bonchev–Trinajstić information content (AvgIpc) is 2.33. The Kier molecular flexibility index (Phi) is 8.22. The van der Waals surface area contributed by atoms with Crippen LogP contribution in [0.2, 0.25) is 0 Å². The van der Waals surface area contributed by atoms with Crippen molar-refractivity contribution >= 4 is 28.6 Å². The number of hydrogen-bond acceptors (Lipinski definition) is 3. The number of esters is 1. The van der Waals surface area contributed by atoms with Gasteiger partial charge in [0.15, 0.2) is 5.60 Å². The molecule has 4 unspecified atom stereocenters. The Morgan fingerprint density at radius 1 is 1.31 bits per heavy atom. The maximum absolute atomic E-state index is 13.4. The van der Waals surface area contributed by atoms with Crippen LogP contribution in [0.1, 0.15) is 33.1 Å². The molecular formula is C14H17F6IO4Rh. The summed E-state index contributed by atoms with van der Waals surface area (Å²) in [5.74, 6) is -5.17. The molecule has 155 valence electrons. The zero-order valence-corrected chi connectivity index (χ0v) is 17.4. The molecule has 1 rings (SSSR count). The van der Waals surface area contributed by atoms with Gasteiger partial charge in [-0.2, -0.15) is 26.3 Å². The third-order valence-electron chi connectivity index (χ3n) is 3.78. The van der Waals surface area contributed by atoms with Gasteiger partial charge >= 0.3 is 18.3 Å². The topological polar surface area (TPSA) is 60.1 Å². The van der Waals surface area contributed by atoms with Crippen LogP contribution in [0, 0.1) is 6.08 Å². The number of ether oxygens (including phenoxy) is 2. The zero-order chi connectivity index (χ0) is 19.9. The van der Waals surface area contributed by atoms with Crippen molar-refractivity contribution in [3.05, 3.63) is 12.7 Å². The Hall–Kier alpha value is 0.0634. The summed E-state index contributed by atoms with van der Waals surface area (Å²) in [6, 6.07) is 0. The van der Waals surface area contributed by atoms with Crippen LogP contribution >= 0.6 is 22.6 Å². The number of hydrogen-bond donors (Lipinski definition) is 1. The van der Waals surface area contributed by atoms with E-state index in [1.165, 1.54) is 6.92 Å². The first-order chi connectivity index (χ1) is 11.0. The van der Waals surface area contributed by atoms with E-state index in [0.717, 1.165) is 0 Å². The third kappa shape index (κ3) is 5.54. The first-order valence-corrected chi connectivity index (χ1v) is 8.22. The molecule has 0 aromatic heterocycles. The minimum absolute atomic E-state index is 0. The van der Waals surface area contributed by atoms with Gasteiger partial charge in [-0.15, -0.1) is 0 Å². The van der Waals surface area contributed by atoms with E-state index in [1.54, 1.807) is 22.6 Å². The molecule has 1 heterocycles. The summed E-state index contributed by atoms with van der Waals surface area (Å²) >= 11 is 1.79. The van der Waals surface area contributed by atoms with Crippen molar-refractivity contribution in [3.63, 3.8) is 0 Å². The minimum Gasteiger partial charge on any atom is -0.364 e. The van der Waals surface area contributed by atoms with Gasteiger partial charge in [-0.1, -0.05) is 29.5 Å². The van der Waals surface area contributed by atoms with Crippen molar-refractivity contribution in [1.82, 2.24) is 0 Å². The van der Waals surface area contributed by atoms with E-state index in [0.29, 0.717) is 6.92 Å². The van der Waals surface area contributed by atoms with Crippen LogP contribution in [-0.2, 0) is 29.0 Å². The second-order valence-electron chi connectivity index (χ2n) is 6.22. The smallest absolute Gasteiger partial charge is 0.364 e. The van der Waals surface area contributed by atoms with Gasteiger partial charge in [0.2, 0.25) is 5.60 Å². The Morgan fingerprint density at radius 2 is 1.81 bits per heavy atom. The summed E-state index contributed by atoms with van der Waals surface area (Å²) < 4.78 is 88.6. The van der Waals surface area contributed by atoms with Crippen LogP contribution in [0.4, 0.5) is 26.3 Å². The average molecular weight is 593 g/mol. The first kappa shape index (κ1) is 26.1. The molecule has 26 heavy (non-hydrogen) atoms. The maximum atomic E-state index is 13.4. The van der Waals surface area contributed by atoms with E-state index in [4.69, 9.17) is 4.74 Å². The molecule has 0 aromatic rings. The van der Waals surface area contributed by atoms with Crippen molar-refractivity contribution < 1.29 is 65.2 Å². The third-order valence-corrected chi connectivity index (χ3v) is 4.22. The number of rotatable bonds is 4. The predicted octanol–water partition coefficient (Wildman–Crippen LogP) is 3.83. The van der Waals surface area contributed by atoms with E-state index in [9.17, 15) is 36.2 Å². The summed E-state index contributed by atoms with van der Waals surface area (Å²) in [4.78, 5) is 9.47. The summed E-state index contributed by atoms with van der Waals surface area (Å²) in [7, 11) is 0. The second kappa shape index (κ2) is 8.20. The summed E-state index contributed by atoms with van der Waals surface area (Å²) in [6.07, 6.45) is -11.6. The van der Waals surface area contributed by atoms with E-state index >= 15 is 0 Å². The summed E-state index contributed by atoms with van der Waals surface area (Å²) in [5, 5.41) is 9.88. The molecule has 0 aliphatic carbocycles. The van der Waals surface area contributed by atoms with Crippen LogP contribution < -0.4 is 0 Å². The molecule has 1 fully saturated rings. The van der Waals surface area contributed by atoms with E-state index in [-0.39, 0.29) is 25.9 Å². The number of alkyl halides is 7. The van der Waals surface area contributed by atoms with Crippen molar-refractivity contribution in [2.45, 2.75) is 66.4 Å². The molecule has 0 aromatic carbocycles. The molecule has 1 aliphatic rings. The molecule has 0 amide bonds. The molecule has 4 atom stereocenters. The van der Waals surface area contributed by atoms with Gasteiger partial charge in [0.1, 0.15) is 0 Å². The van der Waals surface area contributed by atoms with Crippen LogP contribution in [0.3, 0.4) is 0 Å². The SMILES string of the molecule is C=[C-]C(=[OH+])OC1(CC(C)I)CC(C)(C(F)(F)F)OC(O)(C(F)(F)F)C1.[Rh]. The fourth-order valence-corrected chi connectivity index (χ4v) is 3.69. The van der Waals surface area contributed by atoms with Crippen LogP contribution in [0.5, 0.6) is 0 Å². The molecule has 0 bridgehead atoms. The van der Waals surface area contributed by atoms with E-state index in [1.807, 2.05) is 6.08 Å². The second-order valence-corrected chi connectivity index (χ2v) is 8.34. The largest absolute Gasteiger partial charge is 0.443 e.